The Balaban J connectivity index is 1.64. The molecule has 0 N–H and O–H groups in total. The molecule has 0 spiro atoms. The van der Waals surface area contributed by atoms with E-state index in [2.05, 4.69) is 4.98 Å². The van der Waals surface area contributed by atoms with Crippen molar-refractivity contribution in [2.75, 3.05) is 13.1 Å². The summed E-state index contributed by atoms with van der Waals surface area (Å²) < 4.78 is 5.80. The molecule has 0 bridgehead atoms. The molecular formula is C18H15ClN2O2. The monoisotopic (exact) mass is 326 g/mol. The van der Waals surface area contributed by atoms with Crippen LogP contribution in [-0.4, -0.2) is 28.9 Å². The average molecular weight is 327 g/mol. The summed E-state index contributed by atoms with van der Waals surface area (Å²) in [5.74, 6) is 0.795. The van der Waals surface area contributed by atoms with Gasteiger partial charge in [0.05, 0.1) is 5.02 Å². The molecule has 3 heterocycles. The number of amides is 1. The van der Waals surface area contributed by atoms with Crippen LogP contribution in [0.3, 0.4) is 0 Å². The molecule has 2 aromatic heterocycles. The molecule has 1 aromatic carbocycles. The number of carbonyl (C=O) groups is 1. The Morgan fingerprint density at radius 1 is 1.13 bits per heavy atom. The van der Waals surface area contributed by atoms with E-state index in [1.54, 1.807) is 12.3 Å². The van der Waals surface area contributed by atoms with E-state index in [1.165, 1.54) is 0 Å². The number of likely N-dealkylation sites (tertiary alicyclic amines) is 1. The fraction of sp³-hybridized carbons (Fsp3) is 0.222. The van der Waals surface area contributed by atoms with Crippen molar-refractivity contribution in [3.05, 3.63) is 53.2 Å². The van der Waals surface area contributed by atoms with Crippen molar-refractivity contribution < 1.29 is 9.21 Å². The quantitative estimate of drug-likeness (QED) is 0.702. The van der Waals surface area contributed by atoms with Gasteiger partial charge in [0.15, 0.2) is 5.58 Å². The molecule has 116 valence electrons. The van der Waals surface area contributed by atoms with Crippen LogP contribution in [0.4, 0.5) is 0 Å². The van der Waals surface area contributed by atoms with Gasteiger partial charge in [0.25, 0.3) is 5.91 Å². The Hall–Kier alpha value is -2.33. The lowest BCUT2D eigenvalue weighted by Crippen LogP contribution is -2.27. The van der Waals surface area contributed by atoms with Crippen molar-refractivity contribution in [2.45, 2.75) is 12.8 Å². The van der Waals surface area contributed by atoms with Gasteiger partial charge in [0.2, 0.25) is 0 Å². The first-order chi connectivity index (χ1) is 11.2. The summed E-state index contributed by atoms with van der Waals surface area (Å²) in [6.45, 7) is 1.71. The number of halogens is 1. The molecule has 0 radical (unpaired) electrons. The minimum atomic E-state index is 0.100. The van der Waals surface area contributed by atoms with Crippen molar-refractivity contribution in [1.82, 2.24) is 9.88 Å². The normalized spacial score (nSPS) is 14.6. The van der Waals surface area contributed by atoms with Crippen LogP contribution in [0.5, 0.6) is 0 Å². The predicted molar refractivity (Wildman–Crippen MR) is 89.6 cm³/mol. The highest BCUT2D eigenvalue weighted by molar-refractivity contribution is 6.34. The van der Waals surface area contributed by atoms with E-state index < -0.39 is 0 Å². The van der Waals surface area contributed by atoms with Crippen molar-refractivity contribution in [1.29, 1.82) is 0 Å². The van der Waals surface area contributed by atoms with Gasteiger partial charge >= 0.3 is 0 Å². The smallest absolute Gasteiger partial charge is 0.253 e. The van der Waals surface area contributed by atoms with Crippen LogP contribution in [0, 0.1) is 0 Å². The Morgan fingerprint density at radius 3 is 2.57 bits per heavy atom. The Labute approximate surface area is 138 Å². The molecule has 1 saturated heterocycles. The highest BCUT2D eigenvalue weighted by atomic mass is 35.5. The molecule has 3 aromatic rings. The second-order valence-corrected chi connectivity index (χ2v) is 6.10. The van der Waals surface area contributed by atoms with Crippen molar-refractivity contribution in [2.24, 2.45) is 0 Å². The summed E-state index contributed by atoms with van der Waals surface area (Å²) in [7, 11) is 0. The van der Waals surface area contributed by atoms with Crippen molar-refractivity contribution in [3.8, 4) is 11.3 Å². The van der Waals surface area contributed by atoms with Crippen LogP contribution < -0.4 is 0 Å². The lowest BCUT2D eigenvalue weighted by molar-refractivity contribution is 0.0793. The van der Waals surface area contributed by atoms with Gasteiger partial charge in [-0.15, -0.1) is 0 Å². The number of aromatic nitrogens is 1. The highest BCUT2D eigenvalue weighted by Crippen LogP contribution is 2.30. The highest BCUT2D eigenvalue weighted by Gasteiger charge is 2.19. The molecule has 23 heavy (non-hydrogen) atoms. The second-order valence-electron chi connectivity index (χ2n) is 5.69. The summed E-state index contributed by atoms with van der Waals surface area (Å²) in [5.41, 5.74) is 2.92. The summed E-state index contributed by atoms with van der Waals surface area (Å²) in [6, 6.07) is 11.0. The molecule has 1 aliphatic heterocycles. The van der Waals surface area contributed by atoms with Gasteiger partial charge in [-0.2, -0.15) is 0 Å². The van der Waals surface area contributed by atoms with Gasteiger partial charge in [0, 0.05) is 36.5 Å². The number of hydrogen-bond acceptors (Lipinski definition) is 3. The zero-order valence-corrected chi connectivity index (χ0v) is 13.2. The Kier molecular flexibility index (Phi) is 3.54. The molecule has 0 saturated carbocycles. The molecular weight excluding hydrogens is 312 g/mol. The van der Waals surface area contributed by atoms with E-state index in [-0.39, 0.29) is 5.91 Å². The predicted octanol–water partition coefficient (Wildman–Crippen LogP) is 4.38. The second kappa shape index (κ2) is 5.70. The molecule has 4 rings (SSSR count). The van der Waals surface area contributed by atoms with Crippen molar-refractivity contribution in [3.63, 3.8) is 0 Å². The number of nitrogens with zero attached hydrogens (tertiary/aromatic N) is 2. The number of fused-ring (bicyclic) bond motifs is 1. The standard InChI is InChI=1S/C18H15ClN2O2/c19-14-7-8-20-15-11-16(23-17(14)15)12-3-5-13(6-4-12)18(22)21-9-1-2-10-21/h3-8,11H,1-2,9-10H2. The maximum Gasteiger partial charge on any atom is 0.253 e. The first kappa shape index (κ1) is 14.3. The maximum absolute atomic E-state index is 12.4. The number of furan rings is 1. The molecule has 1 fully saturated rings. The largest absolute Gasteiger partial charge is 0.453 e. The van der Waals surface area contributed by atoms with Gasteiger partial charge in [-0.25, -0.2) is 0 Å². The topological polar surface area (TPSA) is 46.3 Å². The van der Waals surface area contributed by atoms with E-state index in [0.717, 1.165) is 37.0 Å². The van der Waals surface area contributed by atoms with E-state index >= 15 is 0 Å². The molecule has 5 heteroatoms. The summed E-state index contributed by atoms with van der Waals surface area (Å²) >= 11 is 6.11. The van der Waals surface area contributed by atoms with Gasteiger partial charge in [-0.3, -0.25) is 9.78 Å². The van der Waals surface area contributed by atoms with Crippen LogP contribution in [0.2, 0.25) is 5.02 Å². The lowest BCUT2D eigenvalue weighted by atomic mass is 10.1. The van der Waals surface area contributed by atoms with E-state index in [0.29, 0.717) is 21.9 Å². The third kappa shape index (κ3) is 2.59. The van der Waals surface area contributed by atoms with E-state index in [1.807, 2.05) is 35.2 Å². The van der Waals surface area contributed by atoms with Gasteiger partial charge in [-0.05, 0) is 31.0 Å². The summed E-state index contributed by atoms with van der Waals surface area (Å²) in [5, 5.41) is 0.544. The fourth-order valence-electron chi connectivity index (χ4n) is 2.93. The van der Waals surface area contributed by atoms with Gasteiger partial charge in [0.1, 0.15) is 11.3 Å². The number of hydrogen-bond donors (Lipinski definition) is 0. The molecule has 1 amide bonds. The van der Waals surface area contributed by atoms with Gasteiger partial charge in [-0.1, -0.05) is 23.7 Å². The zero-order valence-electron chi connectivity index (χ0n) is 12.5. The summed E-state index contributed by atoms with van der Waals surface area (Å²) in [4.78, 5) is 18.5. The lowest BCUT2D eigenvalue weighted by Gasteiger charge is -2.15. The number of benzene rings is 1. The molecule has 0 aliphatic carbocycles. The zero-order chi connectivity index (χ0) is 15.8. The van der Waals surface area contributed by atoms with Crippen LogP contribution >= 0.6 is 11.6 Å². The first-order valence-corrected chi connectivity index (χ1v) is 8.04. The van der Waals surface area contributed by atoms with Crippen LogP contribution in [-0.2, 0) is 0 Å². The maximum atomic E-state index is 12.4. The fourth-order valence-corrected chi connectivity index (χ4v) is 3.12. The molecule has 0 atom stereocenters. The van der Waals surface area contributed by atoms with Crippen molar-refractivity contribution >= 4 is 28.6 Å². The molecule has 4 nitrogen and oxygen atoms in total. The number of carbonyl (C=O) groups excluding carboxylic acids is 1. The van der Waals surface area contributed by atoms with E-state index in [4.69, 9.17) is 16.0 Å². The third-order valence-electron chi connectivity index (χ3n) is 4.17. The van der Waals surface area contributed by atoms with Crippen LogP contribution in [0.1, 0.15) is 23.2 Å². The number of pyridine rings is 1. The third-order valence-corrected chi connectivity index (χ3v) is 4.47. The SMILES string of the molecule is O=C(c1ccc(-c2cc3nccc(Cl)c3o2)cc1)N1CCCC1. The van der Waals surface area contributed by atoms with E-state index in [9.17, 15) is 4.79 Å². The Bertz CT molecular complexity index is 864. The van der Waals surface area contributed by atoms with Crippen LogP contribution in [0.25, 0.3) is 22.4 Å². The average Bonchev–Trinajstić information content (AvgIpc) is 3.24. The number of rotatable bonds is 2. The minimum absolute atomic E-state index is 0.100. The Morgan fingerprint density at radius 2 is 1.87 bits per heavy atom. The summed E-state index contributed by atoms with van der Waals surface area (Å²) in [6.07, 6.45) is 3.84. The molecule has 0 unspecified atom stereocenters. The first-order valence-electron chi connectivity index (χ1n) is 7.66. The van der Waals surface area contributed by atoms with Crippen LogP contribution in [0.15, 0.2) is 47.0 Å². The van der Waals surface area contributed by atoms with Gasteiger partial charge < -0.3 is 9.32 Å². The molecule has 1 aliphatic rings. The minimum Gasteiger partial charge on any atom is -0.453 e.